The van der Waals surface area contributed by atoms with E-state index < -0.39 is 6.10 Å². The summed E-state index contributed by atoms with van der Waals surface area (Å²) in [7, 11) is 0. The molecule has 1 nitrogen and oxygen atoms in total. The molecule has 0 aromatic heterocycles. The maximum Gasteiger partial charge on any atom is 0.0850 e. The summed E-state index contributed by atoms with van der Waals surface area (Å²) in [5.74, 6) is 0.0904. The lowest BCUT2D eigenvalue weighted by molar-refractivity contribution is 0.140. The van der Waals surface area contributed by atoms with Crippen LogP contribution < -0.4 is 0 Å². The molecule has 2 atom stereocenters. The van der Waals surface area contributed by atoms with E-state index in [-0.39, 0.29) is 5.92 Å². The summed E-state index contributed by atoms with van der Waals surface area (Å²) in [4.78, 5) is 0. The zero-order valence-corrected chi connectivity index (χ0v) is 10.5. The molecule has 0 heterocycles. The highest BCUT2D eigenvalue weighted by atomic mass is 16.3. The summed E-state index contributed by atoms with van der Waals surface area (Å²) < 4.78 is 0. The highest BCUT2D eigenvalue weighted by Gasteiger charge is 2.12. The highest BCUT2D eigenvalue weighted by Crippen LogP contribution is 2.23. The minimum atomic E-state index is -0.453. The first kappa shape index (κ1) is 12.6. The number of aliphatic hydroxyl groups excluding tert-OH is 1. The Morgan fingerprint density at radius 2 is 1.44 bits per heavy atom. The van der Waals surface area contributed by atoms with Gasteiger partial charge in [-0.3, -0.25) is 0 Å². The number of hydrogen-bond donors (Lipinski definition) is 1. The molecule has 92 valence electrons. The van der Waals surface area contributed by atoms with Crippen molar-refractivity contribution in [1.29, 1.82) is 0 Å². The molecule has 0 aliphatic carbocycles. The second kappa shape index (κ2) is 6.18. The van der Waals surface area contributed by atoms with Crippen molar-refractivity contribution in [1.82, 2.24) is 0 Å². The molecule has 2 aromatic rings. The average Bonchev–Trinajstić information content (AvgIpc) is 2.46. The Labute approximate surface area is 108 Å². The number of benzene rings is 2. The molecule has 0 aliphatic heterocycles. The summed E-state index contributed by atoms with van der Waals surface area (Å²) in [6.07, 6.45) is 3.65. The first-order valence-corrected chi connectivity index (χ1v) is 6.23. The Hall–Kier alpha value is -1.86. The fourth-order valence-corrected chi connectivity index (χ4v) is 1.89. The lowest BCUT2D eigenvalue weighted by Gasteiger charge is -2.15. The molecule has 2 aromatic carbocycles. The van der Waals surface area contributed by atoms with E-state index in [0.717, 1.165) is 11.1 Å². The fraction of sp³-hybridized carbons (Fsp3) is 0.176. The highest BCUT2D eigenvalue weighted by molar-refractivity contribution is 5.49. The van der Waals surface area contributed by atoms with E-state index in [0.29, 0.717) is 0 Å². The van der Waals surface area contributed by atoms with Crippen molar-refractivity contribution in [2.45, 2.75) is 13.0 Å². The van der Waals surface area contributed by atoms with Crippen molar-refractivity contribution in [2.75, 3.05) is 0 Å². The van der Waals surface area contributed by atoms with Gasteiger partial charge < -0.3 is 5.11 Å². The van der Waals surface area contributed by atoms with Crippen LogP contribution in [-0.4, -0.2) is 5.11 Å². The van der Waals surface area contributed by atoms with Crippen LogP contribution in [0.25, 0.3) is 6.08 Å². The maximum atomic E-state index is 10.2. The van der Waals surface area contributed by atoms with Gasteiger partial charge in [0.05, 0.1) is 6.10 Å². The quantitative estimate of drug-likeness (QED) is 0.851. The van der Waals surface area contributed by atoms with Gasteiger partial charge in [0.15, 0.2) is 0 Å². The molecular weight excluding hydrogens is 220 g/mol. The molecule has 1 N–H and O–H groups in total. The van der Waals surface area contributed by atoms with Crippen LogP contribution in [0.3, 0.4) is 0 Å². The van der Waals surface area contributed by atoms with Gasteiger partial charge in [-0.05, 0) is 11.1 Å². The Morgan fingerprint density at radius 3 is 2.06 bits per heavy atom. The molecule has 0 bridgehead atoms. The predicted octanol–water partition coefficient (Wildman–Crippen LogP) is 4.07. The Balaban J connectivity index is 2.04. The van der Waals surface area contributed by atoms with E-state index in [1.54, 1.807) is 0 Å². The lowest BCUT2D eigenvalue weighted by atomic mass is 9.96. The van der Waals surface area contributed by atoms with E-state index in [1.165, 1.54) is 0 Å². The first-order valence-electron chi connectivity index (χ1n) is 6.23. The zero-order chi connectivity index (χ0) is 12.8. The number of hydrogen-bond acceptors (Lipinski definition) is 1. The van der Waals surface area contributed by atoms with Crippen LogP contribution in [0.1, 0.15) is 24.2 Å². The number of rotatable bonds is 4. The summed E-state index contributed by atoms with van der Waals surface area (Å²) in [5.41, 5.74) is 2.12. The molecule has 0 unspecified atom stereocenters. The van der Waals surface area contributed by atoms with Crippen molar-refractivity contribution in [3.05, 3.63) is 77.9 Å². The van der Waals surface area contributed by atoms with Gasteiger partial charge in [-0.2, -0.15) is 0 Å². The molecule has 0 amide bonds. The smallest absolute Gasteiger partial charge is 0.0850 e. The minimum Gasteiger partial charge on any atom is -0.388 e. The largest absolute Gasteiger partial charge is 0.388 e. The fourth-order valence-electron chi connectivity index (χ4n) is 1.89. The second-order valence-corrected chi connectivity index (χ2v) is 4.48. The van der Waals surface area contributed by atoms with Crippen molar-refractivity contribution in [3.8, 4) is 0 Å². The predicted molar refractivity (Wildman–Crippen MR) is 76.0 cm³/mol. The third-order valence-electron chi connectivity index (χ3n) is 3.03. The van der Waals surface area contributed by atoms with Gasteiger partial charge >= 0.3 is 0 Å². The van der Waals surface area contributed by atoms with Crippen LogP contribution in [0.5, 0.6) is 0 Å². The maximum absolute atomic E-state index is 10.2. The standard InChI is InChI=1S/C17H18O/c1-14(12-13-15-8-4-2-5-9-15)17(18)16-10-6-3-7-11-16/h2-14,17-18H,1H3/b13-12+/t14-,17-/m0/s1. The van der Waals surface area contributed by atoms with E-state index in [1.807, 2.05) is 61.5 Å². The van der Waals surface area contributed by atoms with Gasteiger partial charge in [0.25, 0.3) is 0 Å². The summed E-state index contributed by atoms with van der Waals surface area (Å²) in [6, 6.07) is 19.9. The van der Waals surface area contributed by atoms with Crippen LogP contribution >= 0.6 is 0 Å². The Bertz CT molecular complexity index is 488. The van der Waals surface area contributed by atoms with E-state index in [9.17, 15) is 5.11 Å². The molecule has 2 rings (SSSR count). The van der Waals surface area contributed by atoms with Crippen LogP contribution in [0.15, 0.2) is 66.7 Å². The van der Waals surface area contributed by atoms with Crippen molar-refractivity contribution < 1.29 is 5.11 Å². The molecule has 0 saturated carbocycles. The Kier molecular flexibility index (Phi) is 4.32. The van der Waals surface area contributed by atoms with E-state index in [2.05, 4.69) is 18.2 Å². The zero-order valence-electron chi connectivity index (χ0n) is 10.5. The summed E-state index contributed by atoms with van der Waals surface area (Å²) >= 11 is 0. The molecule has 0 saturated heterocycles. The van der Waals surface area contributed by atoms with E-state index >= 15 is 0 Å². The van der Waals surface area contributed by atoms with E-state index in [4.69, 9.17) is 0 Å². The van der Waals surface area contributed by atoms with Gasteiger partial charge in [0.1, 0.15) is 0 Å². The molecule has 0 radical (unpaired) electrons. The summed E-state index contributed by atoms with van der Waals surface area (Å²) in [5, 5.41) is 10.2. The van der Waals surface area contributed by atoms with Crippen LogP contribution in [0.2, 0.25) is 0 Å². The molecule has 1 heteroatoms. The third kappa shape index (κ3) is 3.31. The Morgan fingerprint density at radius 1 is 0.889 bits per heavy atom. The van der Waals surface area contributed by atoms with Gasteiger partial charge in [-0.25, -0.2) is 0 Å². The first-order chi connectivity index (χ1) is 8.77. The lowest BCUT2D eigenvalue weighted by Crippen LogP contribution is -2.06. The molecule has 0 fully saturated rings. The average molecular weight is 238 g/mol. The van der Waals surface area contributed by atoms with Crippen LogP contribution in [0.4, 0.5) is 0 Å². The van der Waals surface area contributed by atoms with Crippen LogP contribution in [0, 0.1) is 5.92 Å². The van der Waals surface area contributed by atoms with Gasteiger partial charge in [-0.15, -0.1) is 0 Å². The summed E-state index contributed by atoms with van der Waals surface area (Å²) in [6.45, 7) is 2.02. The molecular formula is C17H18O. The van der Waals surface area contributed by atoms with Crippen LogP contribution in [-0.2, 0) is 0 Å². The van der Waals surface area contributed by atoms with Crippen molar-refractivity contribution in [2.24, 2.45) is 5.92 Å². The normalized spacial score (nSPS) is 14.6. The van der Waals surface area contributed by atoms with Gasteiger partial charge in [0, 0.05) is 5.92 Å². The SMILES string of the molecule is C[C@@H](/C=C/c1ccccc1)[C@H](O)c1ccccc1. The topological polar surface area (TPSA) is 20.2 Å². The molecule has 0 aliphatic rings. The monoisotopic (exact) mass is 238 g/mol. The minimum absolute atomic E-state index is 0.0904. The van der Waals surface area contributed by atoms with Crippen molar-refractivity contribution in [3.63, 3.8) is 0 Å². The van der Waals surface area contributed by atoms with Gasteiger partial charge in [-0.1, -0.05) is 79.7 Å². The molecule has 0 spiro atoms. The second-order valence-electron chi connectivity index (χ2n) is 4.48. The number of aliphatic hydroxyl groups is 1. The third-order valence-corrected chi connectivity index (χ3v) is 3.03. The molecule has 18 heavy (non-hydrogen) atoms. The van der Waals surface area contributed by atoms with Crippen molar-refractivity contribution >= 4 is 6.08 Å². The van der Waals surface area contributed by atoms with Gasteiger partial charge in [0.2, 0.25) is 0 Å².